The van der Waals surface area contributed by atoms with E-state index >= 15 is 0 Å². The van der Waals surface area contributed by atoms with Crippen molar-refractivity contribution in [2.45, 2.75) is 5.41 Å². The lowest BCUT2D eigenvalue weighted by Crippen LogP contribution is -2.31. The first kappa shape index (κ1) is 26.4. The molecule has 0 saturated carbocycles. The Bertz CT molecular complexity index is 1770. The largest absolute Gasteiger partial charge is 0.285 e. The number of nitrogens with one attached hydrogen (secondary N) is 4. The van der Waals surface area contributed by atoms with Gasteiger partial charge in [0.2, 0.25) is 0 Å². The number of aromatic amines is 4. The summed E-state index contributed by atoms with van der Waals surface area (Å²) in [6.07, 6.45) is 15.1. The third kappa shape index (κ3) is 4.65. The highest BCUT2D eigenvalue weighted by Gasteiger charge is 2.38. The predicted molar refractivity (Wildman–Crippen MR) is 175 cm³/mol. The second-order valence-corrected chi connectivity index (χ2v) is 11.0. The summed E-state index contributed by atoms with van der Waals surface area (Å²) in [6, 6.07) is 35.3. The van der Waals surface area contributed by atoms with Gasteiger partial charge in [0.1, 0.15) is 0 Å². The van der Waals surface area contributed by atoms with Crippen molar-refractivity contribution in [1.29, 1.82) is 0 Å². The number of benzene rings is 4. The van der Waals surface area contributed by atoms with E-state index in [-0.39, 0.29) is 0 Å². The summed E-state index contributed by atoms with van der Waals surface area (Å²) in [7, 11) is 0. The van der Waals surface area contributed by atoms with E-state index in [1.165, 1.54) is 0 Å². The summed E-state index contributed by atoms with van der Waals surface area (Å²) < 4.78 is 0. The first-order valence-electron chi connectivity index (χ1n) is 14.7. The lowest BCUT2D eigenvalue weighted by molar-refractivity contribution is 0.745. The van der Waals surface area contributed by atoms with Crippen LogP contribution in [0.25, 0.3) is 44.5 Å². The molecule has 0 amide bonds. The molecule has 216 valence electrons. The number of nitrogens with zero attached hydrogens (tertiary/aromatic N) is 4. The van der Waals surface area contributed by atoms with E-state index in [1.54, 1.807) is 0 Å². The average molecular weight is 585 g/mol. The van der Waals surface area contributed by atoms with E-state index in [0.29, 0.717) is 0 Å². The summed E-state index contributed by atoms with van der Waals surface area (Å²) in [5, 5.41) is 28.3. The fraction of sp³-hybridized carbons (Fsp3) is 0.0270. The van der Waals surface area contributed by atoms with Gasteiger partial charge in [-0.05, 0) is 44.5 Å². The molecular weight excluding hydrogens is 556 g/mol. The minimum absolute atomic E-state index is 0.631. The summed E-state index contributed by atoms with van der Waals surface area (Å²) in [6.45, 7) is 0. The van der Waals surface area contributed by atoms with E-state index in [9.17, 15) is 0 Å². The molecule has 0 bridgehead atoms. The molecule has 0 aliphatic rings. The minimum Gasteiger partial charge on any atom is -0.285 e. The van der Waals surface area contributed by atoms with Gasteiger partial charge < -0.3 is 0 Å². The van der Waals surface area contributed by atoms with Gasteiger partial charge in [0.25, 0.3) is 0 Å². The van der Waals surface area contributed by atoms with Crippen molar-refractivity contribution in [3.05, 3.63) is 169 Å². The molecule has 0 aliphatic carbocycles. The van der Waals surface area contributed by atoms with Crippen LogP contribution in [0.3, 0.4) is 0 Å². The highest BCUT2D eigenvalue weighted by Crippen LogP contribution is 2.46. The lowest BCUT2D eigenvalue weighted by Gasteiger charge is -2.37. The van der Waals surface area contributed by atoms with Crippen LogP contribution in [0.5, 0.6) is 0 Å². The van der Waals surface area contributed by atoms with Crippen molar-refractivity contribution in [2.75, 3.05) is 0 Å². The molecule has 0 saturated heterocycles. The van der Waals surface area contributed by atoms with E-state index in [2.05, 4.69) is 138 Å². The second-order valence-electron chi connectivity index (χ2n) is 11.0. The first-order chi connectivity index (χ1) is 22.3. The molecule has 45 heavy (non-hydrogen) atoms. The summed E-state index contributed by atoms with van der Waals surface area (Å²) in [4.78, 5) is 0. The van der Waals surface area contributed by atoms with Gasteiger partial charge in [-0.1, -0.05) is 97.1 Å². The Hall–Kier alpha value is -6.28. The molecular formula is C37H28N8. The van der Waals surface area contributed by atoms with Gasteiger partial charge in [-0.2, -0.15) is 20.4 Å². The molecule has 4 N–H and O–H groups in total. The zero-order chi connectivity index (χ0) is 30.1. The zero-order valence-electron chi connectivity index (χ0n) is 24.1. The lowest BCUT2D eigenvalue weighted by atomic mass is 9.64. The molecule has 8 heteroatoms. The second kappa shape index (κ2) is 11.1. The van der Waals surface area contributed by atoms with Crippen molar-refractivity contribution in [1.82, 2.24) is 40.8 Å². The molecule has 0 radical (unpaired) electrons. The highest BCUT2D eigenvalue weighted by molar-refractivity contribution is 5.71. The van der Waals surface area contributed by atoms with E-state index in [4.69, 9.17) is 0 Å². The number of H-pyrrole nitrogens is 4. The van der Waals surface area contributed by atoms with Gasteiger partial charge in [0.05, 0.1) is 30.2 Å². The standard InChI is InChI=1S/C37H28N8/c1-9-33(10-2-25(1)29-17-38-39-18-29)37(34-11-3-26(4-12-34)30-19-40-41-20-30,35-13-5-27(6-14-35)31-21-42-43-22-31)36-15-7-28(8-16-36)32-23-44-45-24-32/h1-24H,(H,38,39)(H,40,41)(H,42,43)(H,44,45). The fourth-order valence-corrected chi connectivity index (χ4v) is 6.29. The third-order valence-corrected chi connectivity index (χ3v) is 8.60. The van der Waals surface area contributed by atoms with Crippen LogP contribution in [0, 0.1) is 0 Å². The van der Waals surface area contributed by atoms with Gasteiger partial charge >= 0.3 is 0 Å². The van der Waals surface area contributed by atoms with Crippen molar-refractivity contribution >= 4 is 0 Å². The number of hydrogen-bond acceptors (Lipinski definition) is 4. The molecule has 4 heterocycles. The van der Waals surface area contributed by atoms with E-state index in [0.717, 1.165) is 66.8 Å². The minimum atomic E-state index is -0.631. The van der Waals surface area contributed by atoms with Gasteiger partial charge in [-0.3, -0.25) is 20.4 Å². The Morgan fingerprint density at radius 2 is 0.511 bits per heavy atom. The van der Waals surface area contributed by atoms with Gasteiger partial charge in [0.15, 0.2) is 0 Å². The fourth-order valence-electron chi connectivity index (χ4n) is 6.29. The van der Waals surface area contributed by atoms with E-state index in [1.807, 2.05) is 49.6 Å². The van der Waals surface area contributed by atoms with Crippen LogP contribution < -0.4 is 0 Å². The maximum atomic E-state index is 4.16. The Morgan fingerprint density at radius 3 is 0.689 bits per heavy atom. The first-order valence-corrected chi connectivity index (χ1v) is 14.7. The monoisotopic (exact) mass is 584 g/mol. The Kier molecular flexibility index (Phi) is 6.50. The average Bonchev–Trinajstić information content (AvgIpc) is 3.95. The van der Waals surface area contributed by atoms with Gasteiger partial charge in [0, 0.05) is 47.0 Å². The molecule has 8 nitrogen and oxygen atoms in total. The molecule has 0 aliphatic heterocycles. The van der Waals surface area contributed by atoms with Crippen LogP contribution in [0.1, 0.15) is 22.3 Å². The Labute approximate surface area is 259 Å². The van der Waals surface area contributed by atoms with Gasteiger partial charge in [-0.25, -0.2) is 0 Å². The third-order valence-electron chi connectivity index (χ3n) is 8.60. The molecule has 8 rings (SSSR count). The SMILES string of the molecule is c1cc(C(c2ccc(-c3cn[nH]c3)cc2)(c2ccc(-c3cn[nH]c3)cc2)c2ccc(-c3cn[nH]c3)cc2)ccc1-c1cn[nH]c1. The summed E-state index contributed by atoms with van der Waals surface area (Å²) in [5.41, 5.74) is 12.6. The molecule has 0 spiro atoms. The highest BCUT2D eigenvalue weighted by atomic mass is 15.1. The van der Waals surface area contributed by atoms with Crippen LogP contribution in [0.2, 0.25) is 0 Å². The summed E-state index contributed by atoms with van der Waals surface area (Å²) >= 11 is 0. The van der Waals surface area contributed by atoms with E-state index < -0.39 is 5.41 Å². The molecule has 0 atom stereocenters. The number of hydrogen-bond donors (Lipinski definition) is 4. The quantitative estimate of drug-likeness (QED) is 0.138. The van der Waals surface area contributed by atoms with Crippen molar-refractivity contribution in [2.24, 2.45) is 0 Å². The molecule has 0 fully saturated rings. The van der Waals surface area contributed by atoms with Crippen LogP contribution in [0.15, 0.2) is 147 Å². The Morgan fingerprint density at radius 1 is 0.289 bits per heavy atom. The summed E-state index contributed by atoms with van der Waals surface area (Å²) in [5.74, 6) is 0. The molecule has 0 unspecified atom stereocenters. The van der Waals surface area contributed by atoms with Gasteiger partial charge in [-0.15, -0.1) is 0 Å². The maximum Gasteiger partial charge on any atom is 0.0701 e. The van der Waals surface area contributed by atoms with Crippen LogP contribution in [-0.4, -0.2) is 40.8 Å². The predicted octanol–water partition coefficient (Wildman–Crippen LogP) is 7.63. The Balaban J connectivity index is 1.35. The van der Waals surface area contributed by atoms with Crippen molar-refractivity contribution in [3.63, 3.8) is 0 Å². The van der Waals surface area contributed by atoms with Crippen LogP contribution >= 0.6 is 0 Å². The number of rotatable bonds is 8. The molecule has 4 aromatic carbocycles. The topological polar surface area (TPSA) is 115 Å². The zero-order valence-corrected chi connectivity index (χ0v) is 24.1. The molecule has 4 aromatic heterocycles. The van der Waals surface area contributed by atoms with Crippen LogP contribution in [-0.2, 0) is 5.41 Å². The number of aromatic nitrogens is 8. The molecule has 8 aromatic rings. The smallest absolute Gasteiger partial charge is 0.0701 e. The van der Waals surface area contributed by atoms with Crippen molar-refractivity contribution in [3.8, 4) is 44.5 Å². The van der Waals surface area contributed by atoms with Crippen molar-refractivity contribution < 1.29 is 0 Å². The normalized spacial score (nSPS) is 11.6. The maximum absolute atomic E-state index is 4.16. The van der Waals surface area contributed by atoms with Crippen LogP contribution in [0.4, 0.5) is 0 Å².